The number of rotatable bonds is 5. The summed E-state index contributed by atoms with van der Waals surface area (Å²) in [5, 5.41) is 6.95. The van der Waals surface area contributed by atoms with Crippen LogP contribution in [-0.2, 0) is 17.8 Å². The summed E-state index contributed by atoms with van der Waals surface area (Å²) in [6.07, 6.45) is 2.66. The minimum atomic E-state index is -0.0892. The van der Waals surface area contributed by atoms with Gasteiger partial charge in [0.1, 0.15) is 5.01 Å². The number of morpholine rings is 1. The van der Waals surface area contributed by atoms with E-state index in [1.807, 2.05) is 0 Å². The number of aromatic nitrogens is 1. The lowest BCUT2D eigenvalue weighted by Gasteiger charge is -2.47. The van der Waals surface area contributed by atoms with E-state index in [4.69, 9.17) is 9.72 Å². The van der Waals surface area contributed by atoms with Crippen LogP contribution < -0.4 is 5.32 Å². The fourth-order valence-electron chi connectivity index (χ4n) is 3.31. The van der Waals surface area contributed by atoms with Crippen LogP contribution in [0.4, 0.5) is 0 Å². The summed E-state index contributed by atoms with van der Waals surface area (Å²) in [6, 6.07) is 0.748. The second kappa shape index (κ2) is 5.61. The van der Waals surface area contributed by atoms with Gasteiger partial charge >= 0.3 is 0 Å². The van der Waals surface area contributed by atoms with Crippen molar-refractivity contribution in [2.75, 3.05) is 13.1 Å². The van der Waals surface area contributed by atoms with E-state index < -0.39 is 0 Å². The van der Waals surface area contributed by atoms with Gasteiger partial charge in [0.2, 0.25) is 0 Å². The summed E-state index contributed by atoms with van der Waals surface area (Å²) in [5.74, 6) is 0. The van der Waals surface area contributed by atoms with Gasteiger partial charge in [-0.1, -0.05) is 0 Å². The Morgan fingerprint density at radius 3 is 2.57 bits per heavy atom. The van der Waals surface area contributed by atoms with Crippen molar-refractivity contribution in [2.24, 2.45) is 0 Å². The monoisotopic (exact) mass is 309 g/mol. The Hall–Kier alpha value is -0.490. The number of thiazole rings is 1. The molecule has 0 spiro atoms. The molecule has 3 rings (SSSR count). The van der Waals surface area contributed by atoms with Crippen molar-refractivity contribution in [2.45, 2.75) is 70.9 Å². The molecule has 2 aliphatic rings. The molecule has 1 saturated heterocycles. The quantitative estimate of drug-likeness (QED) is 0.907. The molecule has 1 aliphatic heterocycles. The van der Waals surface area contributed by atoms with E-state index in [-0.39, 0.29) is 11.2 Å². The molecule has 4 nitrogen and oxygen atoms in total. The zero-order chi connectivity index (χ0) is 15.1. The Labute approximate surface area is 131 Å². The molecule has 0 unspecified atom stereocenters. The van der Waals surface area contributed by atoms with Gasteiger partial charge in [-0.15, -0.1) is 11.3 Å². The van der Waals surface area contributed by atoms with Gasteiger partial charge in [-0.2, -0.15) is 0 Å². The Kier molecular flexibility index (Phi) is 4.12. The third-order valence-corrected chi connectivity index (χ3v) is 4.76. The van der Waals surface area contributed by atoms with Crippen LogP contribution >= 0.6 is 11.3 Å². The van der Waals surface area contributed by atoms with E-state index >= 15 is 0 Å². The van der Waals surface area contributed by atoms with Gasteiger partial charge in [0.25, 0.3) is 0 Å². The lowest BCUT2D eigenvalue weighted by Crippen LogP contribution is -2.56. The Morgan fingerprint density at radius 1 is 1.29 bits per heavy atom. The van der Waals surface area contributed by atoms with Crippen molar-refractivity contribution < 1.29 is 4.74 Å². The number of hydrogen-bond acceptors (Lipinski definition) is 5. The summed E-state index contributed by atoms with van der Waals surface area (Å²) in [5.41, 5.74) is 1.02. The minimum absolute atomic E-state index is 0.0892. The van der Waals surface area contributed by atoms with Crippen LogP contribution in [0, 0.1) is 0 Å². The molecule has 1 aromatic rings. The van der Waals surface area contributed by atoms with Gasteiger partial charge < -0.3 is 10.1 Å². The average molecular weight is 309 g/mol. The summed E-state index contributed by atoms with van der Waals surface area (Å²) in [7, 11) is 0. The third-order valence-electron chi connectivity index (χ3n) is 3.87. The second-order valence-corrected chi connectivity index (χ2v) is 8.60. The van der Waals surface area contributed by atoms with Crippen LogP contribution in [0.3, 0.4) is 0 Å². The van der Waals surface area contributed by atoms with Crippen LogP contribution in [0.15, 0.2) is 5.38 Å². The predicted octanol–water partition coefficient (Wildman–Crippen LogP) is 2.78. The zero-order valence-corrected chi connectivity index (χ0v) is 14.4. The predicted molar refractivity (Wildman–Crippen MR) is 86.5 cm³/mol. The van der Waals surface area contributed by atoms with Gasteiger partial charge in [0, 0.05) is 37.6 Å². The molecular weight excluding hydrogens is 282 g/mol. The van der Waals surface area contributed by atoms with Gasteiger partial charge in [0.15, 0.2) is 0 Å². The third kappa shape index (κ3) is 4.49. The maximum Gasteiger partial charge on any atom is 0.107 e. The van der Waals surface area contributed by atoms with Crippen molar-refractivity contribution >= 4 is 11.3 Å². The average Bonchev–Trinajstić information content (AvgIpc) is 3.04. The molecule has 0 atom stereocenters. The molecule has 1 aliphatic carbocycles. The van der Waals surface area contributed by atoms with E-state index in [9.17, 15) is 0 Å². The van der Waals surface area contributed by atoms with Crippen LogP contribution in [0.2, 0.25) is 0 Å². The molecule has 1 aromatic heterocycles. The summed E-state index contributed by atoms with van der Waals surface area (Å²) < 4.78 is 6.14. The molecule has 0 bridgehead atoms. The number of nitrogens with zero attached hydrogens (tertiary/aromatic N) is 2. The van der Waals surface area contributed by atoms with Crippen LogP contribution in [-0.4, -0.2) is 40.2 Å². The smallest absolute Gasteiger partial charge is 0.107 e. The summed E-state index contributed by atoms with van der Waals surface area (Å²) in [4.78, 5) is 7.24. The standard InChI is InChI=1S/C16H27N3OS/c1-15(2)10-19(11-16(3,4)20-15)8-13-9-21-14(18-13)7-17-12-5-6-12/h9,12,17H,5-8,10-11H2,1-4H3. The van der Waals surface area contributed by atoms with E-state index in [1.54, 1.807) is 11.3 Å². The molecule has 118 valence electrons. The summed E-state index contributed by atoms with van der Waals surface area (Å²) in [6.45, 7) is 12.5. The first kappa shape index (κ1) is 15.4. The Balaban J connectivity index is 1.57. The molecule has 2 heterocycles. The van der Waals surface area contributed by atoms with Crippen molar-refractivity contribution in [3.8, 4) is 0 Å². The maximum atomic E-state index is 6.14. The normalized spacial score (nSPS) is 25.1. The van der Waals surface area contributed by atoms with Gasteiger partial charge in [-0.25, -0.2) is 4.98 Å². The van der Waals surface area contributed by atoms with E-state index in [2.05, 4.69) is 43.3 Å². The molecule has 0 radical (unpaired) electrons. The maximum absolute atomic E-state index is 6.14. The van der Waals surface area contributed by atoms with Crippen molar-refractivity contribution in [1.29, 1.82) is 0 Å². The van der Waals surface area contributed by atoms with Crippen molar-refractivity contribution in [3.63, 3.8) is 0 Å². The fourth-order valence-corrected chi connectivity index (χ4v) is 4.04. The zero-order valence-electron chi connectivity index (χ0n) is 13.6. The first-order valence-electron chi connectivity index (χ1n) is 7.91. The first-order valence-corrected chi connectivity index (χ1v) is 8.79. The topological polar surface area (TPSA) is 37.4 Å². The van der Waals surface area contributed by atoms with E-state index in [0.29, 0.717) is 0 Å². The van der Waals surface area contributed by atoms with Gasteiger partial charge in [0.05, 0.1) is 16.9 Å². The fraction of sp³-hybridized carbons (Fsp3) is 0.812. The van der Waals surface area contributed by atoms with Crippen LogP contribution in [0.25, 0.3) is 0 Å². The van der Waals surface area contributed by atoms with Gasteiger partial charge in [-0.3, -0.25) is 4.90 Å². The first-order chi connectivity index (χ1) is 9.81. The molecule has 1 N–H and O–H groups in total. The molecule has 21 heavy (non-hydrogen) atoms. The SMILES string of the molecule is CC1(C)CN(Cc2csc(CNC3CC3)n2)CC(C)(C)O1. The highest BCUT2D eigenvalue weighted by Crippen LogP contribution is 2.29. The Morgan fingerprint density at radius 2 is 1.95 bits per heavy atom. The molecule has 1 saturated carbocycles. The molecule has 2 fully saturated rings. The highest BCUT2D eigenvalue weighted by Gasteiger charge is 2.38. The minimum Gasteiger partial charge on any atom is -0.367 e. The summed E-state index contributed by atoms with van der Waals surface area (Å²) >= 11 is 1.78. The highest BCUT2D eigenvalue weighted by atomic mass is 32.1. The van der Waals surface area contributed by atoms with E-state index in [0.717, 1.165) is 32.2 Å². The van der Waals surface area contributed by atoms with Crippen molar-refractivity contribution in [3.05, 3.63) is 16.1 Å². The molecule has 5 heteroatoms. The number of ether oxygens (including phenoxy) is 1. The van der Waals surface area contributed by atoms with Crippen LogP contribution in [0.5, 0.6) is 0 Å². The van der Waals surface area contributed by atoms with Crippen LogP contribution in [0.1, 0.15) is 51.2 Å². The molecule has 0 amide bonds. The number of hydrogen-bond donors (Lipinski definition) is 1. The Bertz CT molecular complexity index is 477. The molecular formula is C16H27N3OS. The lowest BCUT2D eigenvalue weighted by atomic mass is 9.99. The molecule has 0 aromatic carbocycles. The van der Waals surface area contributed by atoms with Gasteiger partial charge in [-0.05, 0) is 40.5 Å². The highest BCUT2D eigenvalue weighted by molar-refractivity contribution is 7.09. The largest absolute Gasteiger partial charge is 0.367 e. The lowest BCUT2D eigenvalue weighted by molar-refractivity contribution is -0.182. The second-order valence-electron chi connectivity index (χ2n) is 7.65. The van der Waals surface area contributed by atoms with E-state index in [1.165, 1.54) is 23.5 Å². The number of nitrogens with one attached hydrogen (secondary N) is 1. The van der Waals surface area contributed by atoms with Crippen molar-refractivity contribution in [1.82, 2.24) is 15.2 Å².